The first-order valence-corrected chi connectivity index (χ1v) is 12.4. The van der Waals surface area contributed by atoms with Crippen LogP contribution in [0.1, 0.15) is 15.9 Å². The van der Waals surface area contributed by atoms with Crippen molar-refractivity contribution in [2.75, 3.05) is 49.7 Å². The summed E-state index contributed by atoms with van der Waals surface area (Å²) in [5.74, 6) is -2.03. The second kappa shape index (κ2) is 11.2. The molecule has 3 aromatic rings. The molecule has 13 nitrogen and oxygen atoms in total. The number of rotatable bonds is 6. The Labute approximate surface area is 222 Å². The summed E-state index contributed by atoms with van der Waals surface area (Å²) in [4.78, 5) is 56.0. The molecule has 3 N–H and O–H groups in total. The third kappa shape index (κ3) is 5.46. The van der Waals surface area contributed by atoms with Crippen LogP contribution in [-0.4, -0.2) is 89.5 Å². The van der Waals surface area contributed by atoms with Crippen LogP contribution < -0.4 is 16.0 Å². The summed E-state index contributed by atoms with van der Waals surface area (Å²) in [7, 11) is 0. The highest BCUT2D eigenvalue weighted by Crippen LogP contribution is 2.28. The van der Waals surface area contributed by atoms with Gasteiger partial charge in [0.2, 0.25) is 0 Å². The van der Waals surface area contributed by atoms with E-state index in [-0.39, 0.29) is 24.9 Å². The van der Waals surface area contributed by atoms with Gasteiger partial charge in [-0.15, -0.1) is 0 Å². The van der Waals surface area contributed by atoms with Crippen LogP contribution in [0.3, 0.4) is 0 Å². The first-order chi connectivity index (χ1) is 18.8. The maximum atomic E-state index is 13.4. The molecule has 1 aromatic heterocycles. The van der Waals surface area contributed by atoms with Gasteiger partial charge in [0.05, 0.1) is 19.8 Å². The Bertz CT molecular complexity index is 1430. The molecule has 39 heavy (non-hydrogen) atoms. The monoisotopic (exact) mass is 537 g/mol. The van der Waals surface area contributed by atoms with Crippen molar-refractivity contribution < 1.29 is 33.5 Å². The van der Waals surface area contributed by atoms with Crippen molar-refractivity contribution in [2.24, 2.45) is 0 Å². The second-order valence-corrected chi connectivity index (χ2v) is 9.09. The molecular weight excluding hydrogens is 510 g/mol. The minimum Gasteiger partial charge on any atom is -0.380 e. The lowest BCUT2D eigenvalue weighted by atomic mass is 10.0. The fourth-order valence-corrected chi connectivity index (χ4v) is 4.58. The number of aromatic nitrogens is 2. The van der Waals surface area contributed by atoms with Gasteiger partial charge in [0.15, 0.2) is 18.0 Å². The van der Waals surface area contributed by atoms with E-state index in [1.54, 1.807) is 54.3 Å². The van der Waals surface area contributed by atoms with Crippen LogP contribution in [0, 0.1) is 6.92 Å². The van der Waals surface area contributed by atoms with E-state index in [1.165, 1.54) is 4.90 Å². The lowest BCUT2D eigenvalue weighted by Crippen LogP contribution is -2.55. The molecule has 0 unspecified atom stereocenters. The summed E-state index contributed by atoms with van der Waals surface area (Å²) in [5, 5.41) is 16.9. The summed E-state index contributed by atoms with van der Waals surface area (Å²) in [6.07, 6.45) is -3.22. The molecule has 2 aliphatic heterocycles. The van der Waals surface area contributed by atoms with Crippen LogP contribution in [0.4, 0.5) is 11.4 Å². The zero-order valence-corrected chi connectivity index (χ0v) is 21.1. The number of ether oxygens (including phenoxy) is 2. The van der Waals surface area contributed by atoms with Gasteiger partial charge in [-0.3, -0.25) is 23.9 Å². The number of nitrogens with zero attached hydrogens (tertiary/aromatic N) is 3. The summed E-state index contributed by atoms with van der Waals surface area (Å²) in [6.45, 7) is 3.98. The number of amides is 3. The first kappa shape index (κ1) is 26.3. The van der Waals surface area contributed by atoms with Crippen LogP contribution in [0.25, 0.3) is 11.4 Å². The SMILES string of the molecule is Cc1c(C(=O)N2CCOCC2)cccc1N1CCO[C@H]([C@@H](O)C(=O)Nc2ccc(-c3noc(=O)[nH]3)cc2)C1=O. The van der Waals surface area contributed by atoms with Gasteiger partial charge >= 0.3 is 5.76 Å². The van der Waals surface area contributed by atoms with E-state index < -0.39 is 29.8 Å². The molecule has 2 aliphatic rings. The molecule has 3 heterocycles. The van der Waals surface area contributed by atoms with Gasteiger partial charge in [-0.1, -0.05) is 11.2 Å². The Hall–Kier alpha value is -4.33. The number of hydrogen-bond acceptors (Lipinski definition) is 9. The molecule has 0 bridgehead atoms. The van der Waals surface area contributed by atoms with E-state index in [2.05, 4.69) is 20.0 Å². The maximum absolute atomic E-state index is 13.4. The lowest BCUT2D eigenvalue weighted by molar-refractivity contribution is -0.150. The highest BCUT2D eigenvalue weighted by molar-refractivity contribution is 6.05. The molecule has 13 heteroatoms. The Morgan fingerprint density at radius 1 is 1.08 bits per heavy atom. The van der Waals surface area contributed by atoms with Crippen LogP contribution in [0.5, 0.6) is 0 Å². The normalized spacial score (nSPS) is 18.6. The standard InChI is InChI=1S/C26H27N5O8/c1-15-18(24(34)30-9-12-37-13-10-30)3-2-4-19(15)31-11-14-38-21(25(31)35)20(32)23(33)27-17-7-5-16(6-8-17)22-28-26(36)39-29-22/h2-8,20-21,32H,9-14H2,1H3,(H,27,33)(H,28,29,36)/t20-,21-/m1/s1. The number of aromatic amines is 1. The van der Waals surface area contributed by atoms with E-state index in [4.69, 9.17) is 9.47 Å². The molecule has 0 aliphatic carbocycles. The highest BCUT2D eigenvalue weighted by Gasteiger charge is 2.40. The van der Waals surface area contributed by atoms with E-state index in [9.17, 15) is 24.3 Å². The van der Waals surface area contributed by atoms with Gasteiger partial charge in [0, 0.05) is 42.1 Å². The van der Waals surface area contributed by atoms with E-state index >= 15 is 0 Å². The van der Waals surface area contributed by atoms with Crippen molar-refractivity contribution >= 4 is 29.1 Å². The van der Waals surface area contributed by atoms with E-state index in [1.807, 2.05) is 0 Å². The number of H-pyrrole nitrogens is 1. The van der Waals surface area contributed by atoms with Crippen LogP contribution in [0.15, 0.2) is 51.8 Å². The molecule has 2 aromatic carbocycles. The van der Waals surface area contributed by atoms with Gasteiger partial charge in [-0.25, -0.2) is 4.79 Å². The molecule has 3 amide bonds. The molecule has 2 atom stereocenters. The highest BCUT2D eigenvalue weighted by atomic mass is 16.5. The van der Waals surface area contributed by atoms with E-state index in [0.29, 0.717) is 54.4 Å². The molecule has 0 saturated carbocycles. The number of nitrogens with one attached hydrogen (secondary N) is 2. The van der Waals surface area contributed by atoms with Crippen molar-refractivity contribution in [3.05, 3.63) is 64.1 Å². The number of hydrogen-bond donors (Lipinski definition) is 3. The molecule has 204 valence electrons. The topological polar surface area (TPSA) is 167 Å². The Balaban J connectivity index is 1.28. The smallest absolute Gasteiger partial charge is 0.380 e. The minimum absolute atomic E-state index is 0.0897. The lowest BCUT2D eigenvalue weighted by Gasteiger charge is -2.35. The summed E-state index contributed by atoms with van der Waals surface area (Å²) in [6, 6.07) is 11.4. The third-order valence-electron chi connectivity index (χ3n) is 6.67. The number of anilines is 2. The maximum Gasteiger partial charge on any atom is 0.439 e. The second-order valence-electron chi connectivity index (χ2n) is 9.09. The van der Waals surface area contributed by atoms with Crippen molar-refractivity contribution in [1.29, 1.82) is 0 Å². The van der Waals surface area contributed by atoms with E-state index in [0.717, 1.165) is 0 Å². The fraction of sp³-hybridized carbons (Fsp3) is 0.346. The average molecular weight is 538 g/mol. The van der Waals surface area contributed by atoms with Gasteiger partial charge in [-0.2, -0.15) is 0 Å². The number of morpholine rings is 2. The van der Waals surface area contributed by atoms with Crippen molar-refractivity contribution in [2.45, 2.75) is 19.1 Å². The Kier molecular flexibility index (Phi) is 7.54. The number of aliphatic hydroxyl groups excluding tert-OH is 1. The number of carbonyl (C=O) groups is 3. The predicted octanol–water partition coefficient (Wildman–Crippen LogP) is 0.542. The molecular formula is C26H27N5O8. The molecule has 0 radical (unpaired) electrons. The van der Waals surface area contributed by atoms with Gasteiger partial charge < -0.3 is 29.7 Å². The van der Waals surface area contributed by atoms with Gasteiger partial charge in [0.25, 0.3) is 17.7 Å². The van der Waals surface area contributed by atoms with Gasteiger partial charge in [0.1, 0.15) is 0 Å². The van der Waals surface area contributed by atoms with Crippen LogP contribution >= 0.6 is 0 Å². The molecule has 2 fully saturated rings. The zero-order valence-electron chi connectivity index (χ0n) is 21.1. The zero-order chi connectivity index (χ0) is 27.5. The number of aliphatic hydroxyl groups is 1. The molecule has 5 rings (SSSR count). The molecule has 0 spiro atoms. The summed E-state index contributed by atoms with van der Waals surface area (Å²) < 4.78 is 15.3. The summed E-state index contributed by atoms with van der Waals surface area (Å²) in [5.41, 5.74) is 2.50. The van der Waals surface area contributed by atoms with Crippen molar-refractivity contribution in [3.8, 4) is 11.4 Å². The van der Waals surface area contributed by atoms with Crippen LogP contribution in [0.2, 0.25) is 0 Å². The number of benzene rings is 2. The quantitative estimate of drug-likeness (QED) is 0.407. The molecule has 2 saturated heterocycles. The average Bonchev–Trinajstić information content (AvgIpc) is 3.40. The minimum atomic E-state index is -1.79. The third-order valence-corrected chi connectivity index (χ3v) is 6.67. The predicted molar refractivity (Wildman–Crippen MR) is 137 cm³/mol. The van der Waals surface area contributed by atoms with Gasteiger partial charge in [-0.05, 0) is 48.9 Å². The summed E-state index contributed by atoms with van der Waals surface area (Å²) >= 11 is 0. The van der Waals surface area contributed by atoms with Crippen molar-refractivity contribution in [1.82, 2.24) is 15.0 Å². The Morgan fingerprint density at radius 3 is 2.51 bits per heavy atom. The Morgan fingerprint density at radius 2 is 1.82 bits per heavy atom. The number of carbonyl (C=O) groups excluding carboxylic acids is 3. The van der Waals surface area contributed by atoms with Crippen molar-refractivity contribution in [3.63, 3.8) is 0 Å². The first-order valence-electron chi connectivity index (χ1n) is 12.4. The van der Waals surface area contributed by atoms with Crippen LogP contribution in [-0.2, 0) is 19.1 Å². The largest absolute Gasteiger partial charge is 0.439 e. The fourth-order valence-electron chi connectivity index (χ4n) is 4.58.